The molecule has 2 rings (SSSR count). The third kappa shape index (κ3) is 6.27. The summed E-state index contributed by atoms with van der Waals surface area (Å²) in [5, 5.41) is 3.23. The Balaban J connectivity index is 2.20. The molecule has 0 bridgehead atoms. The predicted molar refractivity (Wildman–Crippen MR) is 125 cm³/mol. The lowest BCUT2D eigenvalue weighted by molar-refractivity contribution is -0.120. The van der Waals surface area contributed by atoms with E-state index in [4.69, 9.17) is 34.8 Å². The number of amides is 1. The van der Waals surface area contributed by atoms with Gasteiger partial charge in [0.05, 0.1) is 33.1 Å². The summed E-state index contributed by atoms with van der Waals surface area (Å²) in [7, 11) is -3.80. The van der Waals surface area contributed by atoms with Gasteiger partial charge in [0.15, 0.2) is 0 Å². The highest BCUT2D eigenvalue weighted by atomic mass is 35.5. The quantitative estimate of drug-likeness (QED) is 0.536. The Hall–Kier alpha value is -1.47. The van der Waals surface area contributed by atoms with Gasteiger partial charge in [0.25, 0.3) is 0 Å². The highest BCUT2D eigenvalue weighted by molar-refractivity contribution is 7.92. The molecule has 0 aliphatic heterocycles. The number of benzene rings is 2. The number of rotatable bonds is 6. The van der Waals surface area contributed by atoms with Crippen molar-refractivity contribution in [3.63, 3.8) is 0 Å². The molecule has 0 saturated heterocycles. The number of sulfonamides is 1. The molecule has 1 unspecified atom stereocenters. The molecule has 164 valence electrons. The Morgan fingerprint density at radius 2 is 1.57 bits per heavy atom. The van der Waals surface area contributed by atoms with Crippen LogP contribution in [0.4, 0.5) is 5.69 Å². The number of anilines is 1. The fourth-order valence-corrected chi connectivity index (χ4v) is 4.41. The number of carbonyl (C=O) groups is 1. The van der Waals surface area contributed by atoms with E-state index in [1.807, 2.05) is 31.2 Å². The van der Waals surface area contributed by atoms with Crippen LogP contribution in [0.15, 0.2) is 36.4 Å². The van der Waals surface area contributed by atoms with Gasteiger partial charge in [-0.05, 0) is 35.6 Å². The fourth-order valence-electron chi connectivity index (χ4n) is 2.86. The number of halogens is 3. The van der Waals surface area contributed by atoms with E-state index in [2.05, 4.69) is 26.1 Å². The summed E-state index contributed by atoms with van der Waals surface area (Å²) in [6.45, 7) is 7.77. The molecule has 1 N–H and O–H groups in total. The molecule has 0 spiro atoms. The van der Waals surface area contributed by atoms with Crippen molar-refractivity contribution in [3.8, 4) is 0 Å². The summed E-state index contributed by atoms with van der Waals surface area (Å²) in [5.74, 6) is -0.477. The van der Waals surface area contributed by atoms with E-state index in [1.165, 1.54) is 17.7 Å². The SMILES string of the molecule is CC(NC(=O)CN(c1cc(Cl)c(Cl)cc1Cl)S(C)(=O)=O)c1ccc(C(C)(C)C)cc1. The summed E-state index contributed by atoms with van der Waals surface area (Å²) < 4.78 is 25.5. The lowest BCUT2D eigenvalue weighted by Crippen LogP contribution is -2.41. The normalized spacial score (nSPS) is 13.1. The Morgan fingerprint density at radius 3 is 2.07 bits per heavy atom. The molecule has 2 aromatic carbocycles. The maximum absolute atomic E-state index is 12.6. The first-order chi connectivity index (χ1) is 13.7. The summed E-state index contributed by atoms with van der Waals surface area (Å²) in [4.78, 5) is 12.6. The Morgan fingerprint density at radius 1 is 1.03 bits per heavy atom. The Kier molecular flexibility index (Phi) is 7.73. The molecule has 0 heterocycles. The predicted octanol–water partition coefficient (Wildman–Crippen LogP) is 5.59. The smallest absolute Gasteiger partial charge is 0.241 e. The molecule has 1 amide bonds. The van der Waals surface area contributed by atoms with Crippen molar-refractivity contribution < 1.29 is 13.2 Å². The molecule has 2 aromatic rings. The van der Waals surface area contributed by atoms with Crippen molar-refractivity contribution >= 4 is 56.4 Å². The second kappa shape index (κ2) is 9.35. The van der Waals surface area contributed by atoms with Crippen molar-refractivity contribution in [1.29, 1.82) is 0 Å². The number of nitrogens with zero attached hydrogens (tertiary/aromatic N) is 1. The van der Waals surface area contributed by atoms with Gasteiger partial charge in [0, 0.05) is 0 Å². The number of carbonyl (C=O) groups excluding carboxylic acids is 1. The van der Waals surface area contributed by atoms with Gasteiger partial charge in [0.1, 0.15) is 6.54 Å². The summed E-state index contributed by atoms with van der Waals surface area (Å²) in [6, 6.07) is 10.3. The molecule has 9 heteroatoms. The minimum Gasteiger partial charge on any atom is -0.348 e. The number of nitrogens with one attached hydrogen (secondary N) is 1. The molecule has 1 atom stereocenters. The summed E-state index contributed by atoms with van der Waals surface area (Å²) >= 11 is 18.1. The van der Waals surface area contributed by atoms with Gasteiger partial charge in [-0.1, -0.05) is 79.8 Å². The van der Waals surface area contributed by atoms with Crippen LogP contribution in [0.5, 0.6) is 0 Å². The van der Waals surface area contributed by atoms with Crippen LogP contribution >= 0.6 is 34.8 Å². The second-order valence-electron chi connectivity index (χ2n) is 8.15. The largest absolute Gasteiger partial charge is 0.348 e. The topological polar surface area (TPSA) is 66.5 Å². The van der Waals surface area contributed by atoms with Crippen LogP contribution in [-0.4, -0.2) is 27.1 Å². The Bertz CT molecular complexity index is 1030. The summed E-state index contributed by atoms with van der Waals surface area (Å²) in [6.07, 6.45) is 0.994. The first-order valence-corrected chi connectivity index (χ1v) is 12.2. The van der Waals surface area contributed by atoms with E-state index in [0.29, 0.717) is 0 Å². The van der Waals surface area contributed by atoms with Crippen LogP contribution in [0.3, 0.4) is 0 Å². The molecule has 0 aromatic heterocycles. The van der Waals surface area contributed by atoms with Crippen LogP contribution < -0.4 is 9.62 Å². The second-order valence-corrected chi connectivity index (χ2v) is 11.3. The zero-order chi connectivity index (χ0) is 22.9. The molecule has 0 aliphatic rings. The number of hydrogen-bond acceptors (Lipinski definition) is 3. The van der Waals surface area contributed by atoms with E-state index in [9.17, 15) is 13.2 Å². The zero-order valence-electron chi connectivity index (χ0n) is 17.5. The average Bonchev–Trinajstić information content (AvgIpc) is 2.61. The average molecular weight is 492 g/mol. The standard InChI is InChI=1S/C21H25Cl3N2O3S/c1-13(14-6-8-15(9-7-14)21(2,3)4)25-20(27)12-26(30(5,28)29)19-11-17(23)16(22)10-18(19)24/h6-11,13H,12H2,1-5H3,(H,25,27). The van der Waals surface area contributed by atoms with E-state index < -0.39 is 22.5 Å². The van der Waals surface area contributed by atoms with Crippen molar-refractivity contribution in [1.82, 2.24) is 5.32 Å². The van der Waals surface area contributed by atoms with Gasteiger partial charge >= 0.3 is 0 Å². The van der Waals surface area contributed by atoms with Crippen LogP contribution in [0.2, 0.25) is 15.1 Å². The van der Waals surface area contributed by atoms with E-state index in [-0.39, 0.29) is 32.2 Å². The van der Waals surface area contributed by atoms with Crippen LogP contribution in [0, 0.1) is 0 Å². The maximum Gasteiger partial charge on any atom is 0.241 e. The molecule has 30 heavy (non-hydrogen) atoms. The molecule has 5 nitrogen and oxygen atoms in total. The summed E-state index contributed by atoms with van der Waals surface area (Å²) in [5.41, 5.74) is 2.21. The van der Waals surface area contributed by atoms with Gasteiger partial charge in [-0.25, -0.2) is 8.42 Å². The monoisotopic (exact) mass is 490 g/mol. The van der Waals surface area contributed by atoms with Crippen molar-refractivity contribution in [2.75, 3.05) is 17.1 Å². The maximum atomic E-state index is 12.6. The molecule has 0 aliphatic carbocycles. The highest BCUT2D eigenvalue weighted by Crippen LogP contribution is 2.35. The number of hydrogen-bond donors (Lipinski definition) is 1. The first kappa shape index (κ1) is 24.8. The highest BCUT2D eigenvalue weighted by Gasteiger charge is 2.25. The minimum atomic E-state index is -3.80. The van der Waals surface area contributed by atoms with Gasteiger partial charge in [-0.15, -0.1) is 0 Å². The van der Waals surface area contributed by atoms with Crippen LogP contribution in [0.25, 0.3) is 0 Å². The third-order valence-corrected chi connectivity index (χ3v) is 6.75. The van der Waals surface area contributed by atoms with E-state index >= 15 is 0 Å². The van der Waals surface area contributed by atoms with Crippen LogP contribution in [0.1, 0.15) is 44.9 Å². The molecular weight excluding hydrogens is 467 g/mol. The minimum absolute atomic E-state index is 0.0279. The Labute approximate surface area is 193 Å². The van der Waals surface area contributed by atoms with Crippen LogP contribution in [-0.2, 0) is 20.2 Å². The van der Waals surface area contributed by atoms with Crippen molar-refractivity contribution in [3.05, 3.63) is 62.6 Å². The van der Waals surface area contributed by atoms with Gasteiger partial charge in [-0.2, -0.15) is 0 Å². The molecular formula is C21H25Cl3N2O3S. The van der Waals surface area contributed by atoms with E-state index in [0.717, 1.165) is 16.1 Å². The molecule has 0 saturated carbocycles. The fraction of sp³-hybridized carbons (Fsp3) is 0.381. The lowest BCUT2D eigenvalue weighted by Gasteiger charge is -2.25. The third-order valence-electron chi connectivity index (χ3n) is 4.60. The molecule has 0 radical (unpaired) electrons. The van der Waals surface area contributed by atoms with Gasteiger partial charge in [0.2, 0.25) is 15.9 Å². The zero-order valence-corrected chi connectivity index (χ0v) is 20.5. The van der Waals surface area contributed by atoms with Gasteiger partial charge in [-0.3, -0.25) is 9.10 Å². The van der Waals surface area contributed by atoms with E-state index in [1.54, 1.807) is 0 Å². The van der Waals surface area contributed by atoms with Gasteiger partial charge < -0.3 is 5.32 Å². The van der Waals surface area contributed by atoms with Crippen molar-refractivity contribution in [2.24, 2.45) is 0 Å². The molecule has 0 fully saturated rings. The first-order valence-electron chi connectivity index (χ1n) is 9.22. The van der Waals surface area contributed by atoms with Crippen molar-refractivity contribution in [2.45, 2.75) is 39.2 Å². The lowest BCUT2D eigenvalue weighted by atomic mass is 9.86.